The number of amides is 1. The highest BCUT2D eigenvalue weighted by molar-refractivity contribution is 6.03. The smallest absolute Gasteiger partial charge is 0.274 e. The van der Waals surface area contributed by atoms with Gasteiger partial charge in [0.1, 0.15) is 29.2 Å². The molecule has 2 N–H and O–H groups in total. The van der Waals surface area contributed by atoms with Crippen molar-refractivity contribution in [2.24, 2.45) is 0 Å². The van der Waals surface area contributed by atoms with E-state index >= 15 is 0 Å². The monoisotopic (exact) mass is 387 g/mol. The molecular formula is C22H21N5O2. The van der Waals surface area contributed by atoms with Crippen molar-refractivity contribution >= 4 is 17.4 Å². The molecule has 3 rings (SSSR count). The number of aryl methyl sites for hydroxylation is 1. The van der Waals surface area contributed by atoms with Crippen LogP contribution in [0.3, 0.4) is 0 Å². The number of methoxy groups -OCH3 is 1. The van der Waals surface area contributed by atoms with Crippen LogP contribution in [0, 0.1) is 18.3 Å². The molecule has 0 fully saturated rings. The van der Waals surface area contributed by atoms with Gasteiger partial charge in [0.2, 0.25) is 0 Å². The van der Waals surface area contributed by atoms with Gasteiger partial charge in [-0.05, 0) is 43.2 Å². The highest BCUT2D eigenvalue weighted by atomic mass is 16.5. The number of hydrogen-bond acceptors (Lipinski definition) is 6. The van der Waals surface area contributed by atoms with E-state index in [1.807, 2.05) is 24.3 Å². The van der Waals surface area contributed by atoms with Gasteiger partial charge in [-0.3, -0.25) is 4.79 Å². The maximum absolute atomic E-state index is 12.6. The third-order valence-electron chi connectivity index (χ3n) is 4.22. The first-order valence-electron chi connectivity index (χ1n) is 9.12. The topological polar surface area (TPSA) is 99.9 Å². The summed E-state index contributed by atoms with van der Waals surface area (Å²) in [7, 11) is 1.64. The lowest BCUT2D eigenvalue weighted by molar-refractivity contribution is 0.102. The first kappa shape index (κ1) is 19.8. The second-order valence-electron chi connectivity index (χ2n) is 6.33. The molecule has 0 aliphatic heterocycles. The number of nitrogens with zero attached hydrogens (tertiary/aromatic N) is 3. The van der Waals surface area contributed by atoms with Crippen LogP contribution in [0.5, 0.6) is 5.75 Å². The van der Waals surface area contributed by atoms with Crippen LogP contribution < -0.4 is 15.4 Å². The summed E-state index contributed by atoms with van der Waals surface area (Å²) in [4.78, 5) is 21.2. The number of ether oxygens (including phenoxy) is 1. The largest absolute Gasteiger partial charge is 0.497 e. The molecule has 146 valence electrons. The van der Waals surface area contributed by atoms with Crippen molar-refractivity contribution < 1.29 is 9.53 Å². The third kappa shape index (κ3) is 5.30. The molecule has 7 heteroatoms. The molecule has 1 heterocycles. The number of anilines is 2. The van der Waals surface area contributed by atoms with Gasteiger partial charge in [0.05, 0.1) is 18.4 Å². The van der Waals surface area contributed by atoms with Gasteiger partial charge < -0.3 is 15.4 Å². The van der Waals surface area contributed by atoms with Gasteiger partial charge in [-0.1, -0.05) is 24.3 Å². The van der Waals surface area contributed by atoms with Crippen LogP contribution in [-0.2, 0) is 6.42 Å². The van der Waals surface area contributed by atoms with Crippen LogP contribution in [0.15, 0.2) is 54.6 Å². The Hall–Kier alpha value is -3.92. The quantitative estimate of drug-likeness (QED) is 0.643. The number of para-hydroxylation sites is 1. The summed E-state index contributed by atoms with van der Waals surface area (Å²) in [5.74, 6) is 1.47. The van der Waals surface area contributed by atoms with Gasteiger partial charge in [0, 0.05) is 12.6 Å². The zero-order chi connectivity index (χ0) is 20.6. The van der Waals surface area contributed by atoms with Gasteiger partial charge in [-0.15, -0.1) is 0 Å². The van der Waals surface area contributed by atoms with Crippen LogP contribution >= 0.6 is 0 Å². The van der Waals surface area contributed by atoms with Crippen LogP contribution in [0.4, 0.5) is 11.5 Å². The lowest BCUT2D eigenvalue weighted by Gasteiger charge is -2.10. The van der Waals surface area contributed by atoms with E-state index in [9.17, 15) is 4.79 Å². The van der Waals surface area contributed by atoms with E-state index < -0.39 is 5.91 Å². The Morgan fingerprint density at radius 3 is 2.76 bits per heavy atom. The van der Waals surface area contributed by atoms with Crippen LogP contribution in [0.2, 0.25) is 0 Å². The summed E-state index contributed by atoms with van der Waals surface area (Å²) in [5, 5.41) is 15.1. The molecule has 0 saturated heterocycles. The standard InChI is InChI=1S/C22H21N5O2/c1-15-25-20(22(28)27-19-9-4-3-7-17(19)14-23)13-21(26-15)24-11-10-16-6-5-8-18(12-16)29-2/h3-9,12-13H,10-11H2,1-2H3,(H,27,28)(H,24,25,26). The molecule has 0 aliphatic carbocycles. The Kier molecular flexibility index (Phi) is 6.38. The van der Waals surface area contributed by atoms with Gasteiger partial charge in [-0.25, -0.2) is 9.97 Å². The van der Waals surface area contributed by atoms with E-state index in [4.69, 9.17) is 10.00 Å². The maximum Gasteiger partial charge on any atom is 0.274 e. The highest BCUT2D eigenvalue weighted by Crippen LogP contribution is 2.16. The molecule has 0 atom stereocenters. The van der Waals surface area contributed by atoms with Crippen molar-refractivity contribution in [1.82, 2.24) is 9.97 Å². The molecule has 29 heavy (non-hydrogen) atoms. The van der Waals surface area contributed by atoms with Crippen LogP contribution in [0.1, 0.15) is 27.4 Å². The van der Waals surface area contributed by atoms with E-state index in [2.05, 4.69) is 26.7 Å². The molecule has 2 aromatic carbocycles. The van der Waals surface area contributed by atoms with E-state index in [-0.39, 0.29) is 5.69 Å². The molecule has 0 aliphatic rings. The fourth-order valence-electron chi connectivity index (χ4n) is 2.81. The third-order valence-corrected chi connectivity index (χ3v) is 4.22. The van der Waals surface area contributed by atoms with Crippen LogP contribution in [0.25, 0.3) is 0 Å². The second-order valence-corrected chi connectivity index (χ2v) is 6.33. The van der Waals surface area contributed by atoms with Gasteiger partial charge in [-0.2, -0.15) is 5.26 Å². The van der Waals surface area contributed by atoms with E-state index in [1.165, 1.54) is 0 Å². The van der Waals surface area contributed by atoms with E-state index in [0.29, 0.717) is 29.4 Å². The average Bonchev–Trinajstić information content (AvgIpc) is 2.74. The van der Waals surface area contributed by atoms with Crippen molar-refractivity contribution in [1.29, 1.82) is 5.26 Å². The molecule has 1 aromatic heterocycles. The number of carbonyl (C=O) groups is 1. The van der Waals surface area contributed by atoms with Crippen molar-refractivity contribution in [3.05, 3.63) is 77.2 Å². The first-order chi connectivity index (χ1) is 14.1. The van der Waals surface area contributed by atoms with Crippen molar-refractivity contribution in [3.8, 4) is 11.8 Å². The Bertz CT molecular complexity index is 1060. The normalized spacial score (nSPS) is 10.1. The summed E-state index contributed by atoms with van der Waals surface area (Å²) < 4.78 is 5.24. The van der Waals surface area contributed by atoms with Gasteiger partial charge in [0.15, 0.2) is 0 Å². The number of aromatic nitrogens is 2. The molecule has 0 radical (unpaired) electrons. The molecule has 0 bridgehead atoms. The van der Waals surface area contributed by atoms with E-state index in [1.54, 1.807) is 44.4 Å². The minimum absolute atomic E-state index is 0.231. The second kappa shape index (κ2) is 9.33. The minimum atomic E-state index is -0.394. The predicted molar refractivity (Wildman–Crippen MR) is 111 cm³/mol. The summed E-state index contributed by atoms with van der Waals surface area (Å²) >= 11 is 0. The summed E-state index contributed by atoms with van der Waals surface area (Å²) in [6, 6.07) is 18.3. The van der Waals surface area contributed by atoms with E-state index in [0.717, 1.165) is 17.7 Å². The summed E-state index contributed by atoms with van der Waals surface area (Å²) in [6.07, 6.45) is 0.775. The Morgan fingerprint density at radius 1 is 1.14 bits per heavy atom. The van der Waals surface area contributed by atoms with Crippen LogP contribution in [-0.4, -0.2) is 29.5 Å². The highest BCUT2D eigenvalue weighted by Gasteiger charge is 2.12. The minimum Gasteiger partial charge on any atom is -0.497 e. The lowest BCUT2D eigenvalue weighted by atomic mass is 10.1. The lowest BCUT2D eigenvalue weighted by Crippen LogP contribution is -2.17. The Morgan fingerprint density at radius 2 is 1.97 bits per heavy atom. The molecule has 7 nitrogen and oxygen atoms in total. The Balaban J connectivity index is 1.67. The SMILES string of the molecule is COc1cccc(CCNc2cc(C(=O)Nc3ccccc3C#N)nc(C)n2)c1. The fourth-order valence-corrected chi connectivity index (χ4v) is 2.81. The number of hydrogen-bond donors (Lipinski definition) is 2. The number of benzene rings is 2. The predicted octanol–water partition coefficient (Wildman–Crippen LogP) is 3.57. The molecule has 0 spiro atoms. The van der Waals surface area contributed by atoms with Gasteiger partial charge in [0.25, 0.3) is 5.91 Å². The number of nitriles is 1. The molecule has 0 unspecified atom stereocenters. The zero-order valence-corrected chi connectivity index (χ0v) is 16.3. The number of rotatable bonds is 7. The Labute approximate surface area is 169 Å². The maximum atomic E-state index is 12.6. The summed E-state index contributed by atoms with van der Waals surface area (Å²) in [5.41, 5.74) is 2.20. The fraction of sp³-hybridized carbons (Fsp3) is 0.182. The molecule has 3 aromatic rings. The number of carbonyl (C=O) groups excluding carboxylic acids is 1. The molecular weight excluding hydrogens is 366 g/mol. The van der Waals surface area contributed by atoms with Crippen molar-refractivity contribution in [3.63, 3.8) is 0 Å². The molecule has 1 amide bonds. The van der Waals surface area contributed by atoms with Gasteiger partial charge >= 0.3 is 0 Å². The zero-order valence-electron chi connectivity index (χ0n) is 16.3. The van der Waals surface area contributed by atoms with Crippen molar-refractivity contribution in [2.75, 3.05) is 24.3 Å². The molecule has 0 saturated carbocycles. The van der Waals surface area contributed by atoms with Crippen molar-refractivity contribution in [2.45, 2.75) is 13.3 Å². The number of nitrogens with one attached hydrogen (secondary N) is 2. The average molecular weight is 387 g/mol. The summed E-state index contributed by atoms with van der Waals surface area (Å²) in [6.45, 7) is 2.37. The first-order valence-corrected chi connectivity index (χ1v) is 9.12.